The Hall–Kier alpha value is -2.43. The van der Waals surface area contributed by atoms with Crippen molar-refractivity contribution in [2.75, 3.05) is 11.1 Å². The standard InChI is InChI=1S/C14H12F2N2O/c1-8-6-9(15)3-5-13(8)18-14(19)11-4-2-10(16)7-12(11)17/h2-7H,17H2,1H3,(H,18,19). The van der Waals surface area contributed by atoms with Crippen LogP contribution < -0.4 is 11.1 Å². The van der Waals surface area contributed by atoms with Crippen molar-refractivity contribution in [1.29, 1.82) is 0 Å². The van der Waals surface area contributed by atoms with Gasteiger partial charge in [0.2, 0.25) is 0 Å². The number of anilines is 2. The van der Waals surface area contributed by atoms with Crippen molar-refractivity contribution in [3.63, 3.8) is 0 Å². The Morgan fingerprint density at radius 2 is 1.74 bits per heavy atom. The first-order valence-corrected chi connectivity index (χ1v) is 5.60. The van der Waals surface area contributed by atoms with Crippen LogP contribution in [0.1, 0.15) is 15.9 Å². The number of rotatable bonds is 2. The molecule has 1 amide bonds. The summed E-state index contributed by atoms with van der Waals surface area (Å²) >= 11 is 0. The fourth-order valence-corrected chi connectivity index (χ4v) is 1.70. The van der Waals surface area contributed by atoms with Gasteiger partial charge in [0.15, 0.2) is 0 Å². The summed E-state index contributed by atoms with van der Waals surface area (Å²) in [6.07, 6.45) is 0. The van der Waals surface area contributed by atoms with Crippen LogP contribution in [0.4, 0.5) is 20.2 Å². The zero-order chi connectivity index (χ0) is 14.0. The summed E-state index contributed by atoms with van der Waals surface area (Å²) in [6, 6.07) is 7.55. The third-order valence-corrected chi connectivity index (χ3v) is 2.69. The van der Waals surface area contributed by atoms with Crippen LogP contribution in [0.15, 0.2) is 36.4 Å². The molecule has 0 fully saturated rings. The van der Waals surface area contributed by atoms with Crippen LogP contribution in [0.3, 0.4) is 0 Å². The normalized spacial score (nSPS) is 10.3. The smallest absolute Gasteiger partial charge is 0.257 e. The summed E-state index contributed by atoms with van der Waals surface area (Å²) in [5.74, 6) is -1.35. The molecule has 0 heterocycles. The van der Waals surface area contributed by atoms with Crippen molar-refractivity contribution < 1.29 is 13.6 Å². The van der Waals surface area contributed by atoms with Gasteiger partial charge in [0.25, 0.3) is 5.91 Å². The summed E-state index contributed by atoms with van der Waals surface area (Å²) in [7, 11) is 0. The van der Waals surface area contributed by atoms with Crippen LogP contribution in [0.2, 0.25) is 0 Å². The van der Waals surface area contributed by atoms with E-state index in [1.807, 2.05) is 0 Å². The van der Waals surface area contributed by atoms with Crippen molar-refractivity contribution in [3.05, 3.63) is 59.2 Å². The van der Waals surface area contributed by atoms with Crippen LogP contribution in [-0.4, -0.2) is 5.91 Å². The molecule has 0 bridgehead atoms. The fraction of sp³-hybridized carbons (Fsp3) is 0.0714. The maximum absolute atomic E-state index is 12.9. The molecule has 2 rings (SSSR count). The van der Waals surface area contributed by atoms with E-state index in [0.717, 1.165) is 12.1 Å². The summed E-state index contributed by atoms with van der Waals surface area (Å²) in [4.78, 5) is 12.0. The molecule has 5 heteroatoms. The highest BCUT2D eigenvalue weighted by Crippen LogP contribution is 2.19. The molecule has 0 radical (unpaired) electrons. The van der Waals surface area contributed by atoms with Crippen molar-refractivity contribution in [2.24, 2.45) is 0 Å². The summed E-state index contributed by atoms with van der Waals surface area (Å²) < 4.78 is 25.8. The van der Waals surface area contributed by atoms with E-state index in [0.29, 0.717) is 11.3 Å². The van der Waals surface area contributed by atoms with E-state index >= 15 is 0 Å². The van der Waals surface area contributed by atoms with E-state index in [2.05, 4.69) is 5.32 Å². The first-order chi connectivity index (χ1) is 8.97. The number of nitrogens with two attached hydrogens (primary N) is 1. The summed E-state index contributed by atoms with van der Waals surface area (Å²) in [6.45, 7) is 1.67. The van der Waals surface area contributed by atoms with Gasteiger partial charge in [0.1, 0.15) is 11.6 Å². The highest BCUT2D eigenvalue weighted by molar-refractivity contribution is 6.08. The molecule has 3 N–H and O–H groups in total. The molecule has 0 saturated heterocycles. The highest BCUT2D eigenvalue weighted by Gasteiger charge is 2.11. The average molecular weight is 262 g/mol. The van der Waals surface area contributed by atoms with Gasteiger partial charge in [-0.2, -0.15) is 0 Å². The van der Waals surface area contributed by atoms with Crippen molar-refractivity contribution in [1.82, 2.24) is 0 Å². The lowest BCUT2D eigenvalue weighted by Crippen LogP contribution is -2.15. The number of hydrogen-bond acceptors (Lipinski definition) is 2. The van der Waals surface area contributed by atoms with E-state index in [-0.39, 0.29) is 17.1 Å². The second-order valence-corrected chi connectivity index (χ2v) is 4.14. The fourth-order valence-electron chi connectivity index (χ4n) is 1.70. The van der Waals surface area contributed by atoms with E-state index in [1.54, 1.807) is 6.92 Å². The monoisotopic (exact) mass is 262 g/mol. The topological polar surface area (TPSA) is 55.1 Å². The molecular formula is C14H12F2N2O. The maximum Gasteiger partial charge on any atom is 0.257 e. The maximum atomic E-state index is 12.9. The molecule has 0 aliphatic carbocycles. The number of nitrogen functional groups attached to an aromatic ring is 1. The lowest BCUT2D eigenvalue weighted by Gasteiger charge is -2.10. The largest absolute Gasteiger partial charge is 0.398 e. The first kappa shape index (κ1) is 13.0. The quantitative estimate of drug-likeness (QED) is 0.817. The minimum atomic E-state index is -0.507. The summed E-state index contributed by atoms with van der Waals surface area (Å²) in [5.41, 5.74) is 6.88. The lowest BCUT2D eigenvalue weighted by atomic mass is 10.1. The van der Waals surface area contributed by atoms with E-state index < -0.39 is 11.7 Å². The molecule has 0 aliphatic heterocycles. The van der Waals surface area contributed by atoms with E-state index in [4.69, 9.17) is 5.73 Å². The van der Waals surface area contributed by atoms with Crippen molar-refractivity contribution in [3.8, 4) is 0 Å². The first-order valence-electron chi connectivity index (χ1n) is 5.60. The van der Waals surface area contributed by atoms with E-state index in [1.165, 1.54) is 24.3 Å². The Labute approximate surface area is 109 Å². The number of halogens is 2. The predicted molar refractivity (Wildman–Crippen MR) is 69.9 cm³/mol. The molecule has 0 unspecified atom stereocenters. The Kier molecular flexibility index (Phi) is 3.46. The molecule has 3 nitrogen and oxygen atoms in total. The van der Waals surface area contributed by atoms with Crippen LogP contribution in [0, 0.1) is 18.6 Å². The zero-order valence-electron chi connectivity index (χ0n) is 10.2. The Morgan fingerprint density at radius 3 is 2.37 bits per heavy atom. The van der Waals surface area contributed by atoms with Crippen LogP contribution >= 0.6 is 0 Å². The highest BCUT2D eigenvalue weighted by atomic mass is 19.1. The van der Waals surface area contributed by atoms with Gasteiger partial charge in [-0.05, 0) is 48.9 Å². The molecule has 98 valence electrons. The predicted octanol–water partition coefficient (Wildman–Crippen LogP) is 3.11. The minimum Gasteiger partial charge on any atom is -0.398 e. The summed E-state index contributed by atoms with van der Waals surface area (Å²) in [5, 5.41) is 2.61. The van der Waals surface area contributed by atoms with Crippen molar-refractivity contribution in [2.45, 2.75) is 6.92 Å². The Bertz CT molecular complexity index is 641. The third kappa shape index (κ3) is 2.88. The third-order valence-electron chi connectivity index (χ3n) is 2.69. The minimum absolute atomic E-state index is 0.0530. The van der Waals surface area contributed by atoms with Gasteiger partial charge in [0.05, 0.1) is 5.56 Å². The number of nitrogens with one attached hydrogen (secondary N) is 1. The lowest BCUT2D eigenvalue weighted by molar-refractivity contribution is 0.102. The zero-order valence-corrected chi connectivity index (χ0v) is 10.2. The van der Waals surface area contributed by atoms with Crippen LogP contribution in [0.5, 0.6) is 0 Å². The number of amides is 1. The molecule has 2 aromatic rings. The van der Waals surface area contributed by atoms with Gasteiger partial charge >= 0.3 is 0 Å². The van der Waals surface area contributed by atoms with Crippen LogP contribution in [-0.2, 0) is 0 Å². The van der Waals surface area contributed by atoms with Gasteiger partial charge < -0.3 is 11.1 Å². The number of aryl methyl sites for hydroxylation is 1. The second kappa shape index (κ2) is 5.06. The van der Waals surface area contributed by atoms with Gasteiger partial charge in [-0.15, -0.1) is 0 Å². The van der Waals surface area contributed by atoms with Crippen molar-refractivity contribution >= 4 is 17.3 Å². The Balaban J connectivity index is 2.25. The number of carbonyl (C=O) groups is 1. The molecule has 0 aromatic heterocycles. The number of hydrogen-bond donors (Lipinski definition) is 2. The second-order valence-electron chi connectivity index (χ2n) is 4.14. The average Bonchev–Trinajstić information content (AvgIpc) is 2.32. The van der Waals surface area contributed by atoms with Gasteiger partial charge in [-0.3, -0.25) is 4.79 Å². The van der Waals surface area contributed by atoms with Gasteiger partial charge in [0, 0.05) is 11.4 Å². The van der Waals surface area contributed by atoms with Gasteiger partial charge in [-0.1, -0.05) is 0 Å². The molecule has 2 aromatic carbocycles. The SMILES string of the molecule is Cc1cc(F)ccc1NC(=O)c1ccc(F)cc1N. The molecule has 0 saturated carbocycles. The number of carbonyl (C=O) groups excluding carboxylic acids is 1. The molecule has 0 atom stereocenters. The van der Waals surface area contributed by atoms with Crippen LogP contribution in [0.25, 0.3) is 0 Å². The van der Waals surface area contributed by atoms with E-state index in [9.17, 15) is 13.6 Å². The molecule has 19 heavy (non-hydrogen) atoms. The van der Waals surface area contributed by atoms with Gasteiger partial charge in [-0.25, -0.2) is 8.78 Å². The molecule has 0 spiro atoms. The molecule has 0 aliphatic rings. The molecular weight excluding hydrogens is 250 g/mol. The number of benzene rings is 2. The Morgan fingerprint density at radius 1 is 1.11 bits per heavy atom.